The van der Waals surface area contributed by atoms with Crippen molar-refractivity contribution in [3.05, 3.63) is 47.7 Å². The summed E-state index contributed by atoms with van der Waals surface area (Å²) in [6, 6.07) is 11.9. The Morgan fingerprint density at radius 3 is 2.81 bits per heavy atom. The zero-order valence-corrected chi connectivity index (χ0v) is 12.9. The first-order valence-electron chi connectivity index (χ1n) is 6.94. The van der Waals surface area contributed by atoms with E-state index in [2.05, 4.69) is 24.9 Å². The molecule has 1 aromatic carbocycles. The molecule has 108 valence electrons. The first-order valence-corrected chi connectivity index (χ1v) is 7.76. The first-order chi connectivity index (χ1) is 10.2. The second-order valence-corrected chi connectivity index (χ2v) is 6.25. The maximum atomic E-state index is 9.36. The van der Waals surface area contributed by atoms with Crippen LogP contribution < -0.4 is 0 Å². The molecule has 0 fully saturated rings. The molecule has 1 N–H and O–H groups in total. The van der Waals surface area contributed by atoms with Gasteiger partial charge in [-0.2, -0.15) is 0 Å². The molecule has 0 aliphatic heterocycles. The number of furan rings is 1. The SMILES string of the molecule is CC(C)C(=Cc1ccc(-c2nc3ccccc3s2)o1)CO. The van der Waals surface area contributed by atoms with Crippen LogP contribution in [0.15, 0.2) is 46.4 Å². The molecule has 0 aliphatic carbocycles. The smallest absolute Gasteiger partial charge is 0.163 e. The van der Waals surface area contributed by atoms with Crippen LogP contribution >= 0.6 is 11.3 Å². The van der Waals surface area contributed by atoms with Gasteiger partial charge >= 0.3 is 0 Å². The number of hydrogen-bond donors (Lipinski definition) is 1. The zero-order valence-electron chi connectivity index (χ0n) is 12.0. The predicted octanol–water partition coefficient (Wildman–Crippen LogP) is 4.59. The summed E-state index contributed by atoms with van der Waals surface area (Å²) in [6.07, 6.45) is 1.90. The van der Waals surface area contributed by atoms with Crippen LogP contribution in [0.2, 0.25) is 0 Å². The van der Waals surface area contributed by atoms with Crippen LogP contribution in [0.5, 0.6) is 0 Å². The number of thiazole rings is 1. The van der Waals surface area contributed by atoms with Crippen LogP contribution in [0.3, 0.4) is 0 Å². The van der Waals surface area contributed by atoms with Crippen molar-refractivity contribution < 1.29 is 9.52 Å². The van der Waals surface area contributed by atoms with Gasteiger partial charge in [-0.25, -0.2) is 4.98 Å². The monoisotopic (exact) mass is 299 g/mol. The molecule has 0 bridgehead atoms. The summed E-state index contributed by atoms with van der Waals surface area (Å²) in [6.45, 7) is 4.16. The molecule has 21 heavy (non-hydrogen) atoms. The Labute approximate surface area is 127 Å². The average molecular weight is 299 g/mol. The van der Waals surface area contributed by atoms with Crippen LogP contribution in [-0.2, 0) is 0 Å². The van der Waals surface area contributed by atoms with Crippen LogP contribution in [0.4, 0.5) is 0 Å². The molecular weight excluding hydrogens is 282 g/mol. The van der Waals surface area contributed by atoms with E-state index in [1.165, 1.54) is 0 Å². The Kier molecular flexibility index (Phi) is 3.90. The molecule has 0 radical (unpaired) electrons. The predicted molar refractivity (Wildman–Crippen MR) is 87.2 cm³/mol. The maximum Gasteiger partial charge on any atom is 0.163 e. The molecule has 0 spiro atoms. The molecule has 0 unspecified atom stereocenters. The van der Waals surface area contributed by atoms with E-state index in [1.54, 1.807) is 11.3 Å². The van der Waals surface area contributed by atoms with Crippen LogP contribution in [0.25, 0.3) is 27.1 Å². The fraction of sp³-hybridized carbons (Fsp3) is 0.235. The summed E-state index contributed by atoms with van der Waals surface area (Å²) in [5.41, 5.74) is 1.95. The van der Waals surface area contributed by atoms with Crippen molar-refractivity contribution in [2.75, 3.05) is 6.61 Å². The number of para-hydroxylation sites is 1. The highest BCUT2D eigenvalue weighted by atomic mass is 32.1. The number of rotatable bonds is 4. The molecule has 4 heteroatoms. The third-order valence-electron chi connectivity index (χ3n) is 3.38. The summed E-state index contributed by atoms with van der Waals surface area (Å²) >= 11 is 1.62. The van der Waals surface area contributed by atoms with Crippen molar-refractivity contribution in [1.82, 2.24) is 4.98 Å². The van der Waals surface area contributed by atoms with E-state index in [0.29, 0.717) is 5.92 Å². The second kappa shape index (κ2) is 5.84. The normalized spacial score (nSPS) is 12.5. The minimum atomic E-state index is 0.0504. The molecule has 2 heterocycles. The van der Waals surface area contributed by atoms with Gasteiger partial charge in [-0.3, -0.25) is 0 Å². The Hall–Kier alpha value is -1.91. The topological polar surface area (TPSA) is 46.3 Å². The third kappa shape index (κ3) is 2.91. The Bertz CT molecular complexity index is 750. The van der Waals surface area contributed by atoms with Crippen molar-refractivity contribution in [2.45, 2.75) is 13.8 Å². The number of hydrogen-bond acceptors (Lipinski definition) is 4. The fourth-order valence-electron chi connectivity index (χ4n) is 2.10. The lowest BCUT2D eigenvalue weighted by molar-refractivity contribution is 0.320. The molecule has 3 nitrogen and oxygen atoms in total. The van der Waals surface area contributed by atoms with Gasteiger partial charge in [0.25, 0.3) is 0 Å². The van der Waals surface area contributed by atoms with E-state index in [4.69, 9.17) is 4.42 Å². The van der Waals surface area contributed by atoms with Crippen molar-refractivity contribution >= 4 is 27.6 Å². The van der Waals surface area contributed by atoms with E-state index in [-0.39, 0.29) is 6.61 Å². The molecule has 3 aromatic rings. The molecule has 0 saturated carbocycles. The molecule has 0 saturated heterocycles. The lowest BCUT2D eigenvalue weighted by atomic mass is 10.0. The van der Waals surface area contributed by atoms with Crippen LogP contribution in [0.1, 0.15) is 19.6 Å². The highest BCUT2D eigenvalue weighted by Gasteiger charge is 2.10. The van der Waals surface area contributed by atoms with Gasteiger partial charge in [0.2, 0.25) is 0 Å². The van der Waals surface area contributed by atoms with E-state index < -0.39 is 0 Å². The quantitative estimate of drug-likeness (QED) is 0.766. The molecule has 0 aliphatic rings. The standard InChI is InChI=1S/C17H17NO2S/c1-11(2)12(10-19)9-13-7-8-15(20-13)17-18-14-5-3-4-6-16(14)21-17/h3-9,11,19H,10H2,1-2H3. The van der Waals surface area contributed by atoms with Crippen LogP contribution in [0, 0.1) is 5.92 Å². The molecule has 0 amide bonds. The second-order valence-electron chi connectivity index (χ2n) is 5.22. The number of aliphatic hydroxyl groups is 1. The molecule has 3 rings (SSSR count). The average Bonchev–Trinajstić information content (AvgIpc) is 3.10. The van der Waals surface area contributed by atoms with Gasteiger partial charge in [0.1, 0.15) is 5.76 Å². The first kappa shape index (κ1) is 14.0. The third-order valence-corrected chi connectivity index (χ3v) is 4.43. The number of nitrogens with zero attached hydrogens (tertiary/aromatic N) is 1. The highest BCUT2D eigenvalue weighted by Crippen LogP contribution is 2.31. The van der Waals surface area contributed by atoms with Crippen LogP contribution in [-0.4, -0.2) is 16.7 Å². The fourth-order valence-corrected chi connectivity index (χ4v) is 3.03. The zero-order chi connectivity index (χ0) is 14.8. The lowest BCUT2D eigenvalue weighted by Crippen LogP contribution is -1.98. The Morgan fingerprint density at radius 2 is 2.10 bits per heavy atom. The van der Waals surface area contributed by atoms with Gasteiger partial charge in [-0.05, 0) is 41.8 Å². The summed E-state index contributed by atoms with van der Waals surface area (Å²) in [5.74, 6) is 1.82. The van der Waals surface area contributed by atoms with Gasteiger partial charge in [0.05, 0.1) is 16.8 Å². The van der Waals surface area contributed by atoms with Crippen molar-refractivity contribution in [3.63, 3.8) is 0 Å². The number of aliphatic hydroxyl groups excluding tert-OH is 1. The van der Waals surface area contributed by atoms with Gasteiger partial charge in [-0.15, -0.1) is 11.3 Å². The number of aromatic nitrogens is 1. The van der Waals surface area contributed by atoms with Crippen molar-refractivity contribution in [2.24, 2.45) is 5.92 Å². The van der Waals surface area contributed by atoms with Gasteiger partial charge in [0.15, 0.2) is 10.8 Å². The lowest BCUT2D eigenvalue weighted by Gasteiger charge is -2.06. The summed E-state index contributed by atoms with van der Waals surface area (Å²) in [4.78, 5) is 4.59. The number of benzene rings is 1. The number of fused-ring (bicyclic) bond motifs is 1. The minimum absolute atomic E-state index is 0.0504. The molecule has 2 aromatic heterocycles. The van der Waals surface area contributed by atoms with Crippen molar-refractivity contribution in [1.29, 1.82) is 0 Å². The Balaban J connectivity index is 1.94. The van der Waals surface area contributed by atoms with E-state index in [1.807, 2.05) is 36.4 Å². The van der Waals surface area contributed by atoms with E-state index in [9.17, 15) is 5.11 Å². The largest absolute Gasteiger partial charge is 0.454 e. The highest BCUT2D eigenvalue weighted by molar-refractivity contribution is 7.21. The van der Waals surface area contributed by atoms with Gasteiger partial charge in [-0.1, -0.05) is 26.0 Å². The molecule has 0 atom stereocenters. The van der Waals surface area contributed by atoms with Gasteiger partial charge < -0.3 is 9.52 Å². The van der Waals surface area contributed by atoms with Gasteiger partial charge in [0, 0.05) is 0 Å². The summed E-state index contributed by atoms with van der Waals surface area (Å²) in [5, 5.41) is 10.2. The van der Waals surface area contributed by atoms with E-state index in [0.717, 1.165) is 32.3 Å². The molecular formula is C17H17NO2S. The summed E-state index contributed by atoms with van der Waals surface area (Å²) in [7, 11) is 0. The minimum Gasteiger partial charge on any atom is -0.454 e. The maximum absolute atomic E-state index is 9.36. The van der Waals surface area contributed by atoms with E-state index >= 15 is 0 Å². The Morgan fingerprint density at radius 1 is 1.29 bits per heavy atom. The van der Waals surface area contributed by atoms with Crippen molar-refractivity contribution in [3.8, 4) is 10.8 Å². The summed E-state index contributed by atoms with van der Waals surface area (Å²) < 4.78 is 6.99.